The summed E-state index contributed by atoms with van der Waals surface area (Å²) in [5.74, 6) is -1.45. The summed E-state index contributed by atoms with van der Waals surface area (Å²) >= 11 is 12.9. The highest BCUT2D eigenvalue weighted by Crippen LogP contribution is 2.39. The van der Waals surface area contributed by atoms with E-state index in [1.54, 1.807) is 20.8 Å². The topological polar surface area (TPSA) is 58.6 Å². The molecule has 32 heavy (non-hydrogen) atoms. The van der Waals surface area contributed by atoms with Crippen molar-refractivity contribution in [1.29, 1.82) is 0 Å². The summed E-state index contributed by atoms with van der Waals surface area (Å²) in [5, 5.41) is 2.94. The predicted molar refractivity (Wildman–Crippen MR) is 121 cm³/mol. The van der Waals surface area contributed by atoms with Gasteiger partial charge in [0, 0.05) is 24.7 Å². The average Bonchev–Trinajstić information content (AvgIpc) is 2.64. The third kappa shape index (κ3) is 6.11. The van der Waals surface area contributed by atoms with Crippen molar-refractivity contribution in [3.8, 4) is 0 Å². The Morgan fingerprint density at radius 2 is 1.84 bits per heavy atom. The molecule has 1 aliphatic rings. The molecular weight excluding hydrogens is 461 g/mol. The summed E-state index contributed by atoms with van der Waals surface area (Å²) in [5.41, 5.74) is 0.376. The molecule has 1 atom stereocenters. The fourth-order valence-electron chi connectivity index (χ4n) is 3.61. The lowest BCUT2D eigenvalue weighted by Crippen LogP contribution is -2.41. The second-order valence-corrected chi connectivity index (χ2v) is 9.58. The molecule has 0 radical (unpaired) electrons. The maximum absolute atomic E-state index is 14.1. The van der Waals surface area contributed by atoms with Crippen LogP contribution in [0.5, 0.6) is 0 Å². The Balaban J connectivity index is 1.78. The van der Waals surface area contributed by atoms with E-state index in [0.29, 0.717) is 29.8 Å². The lowest BCUT2D eigenvalue weighted by atomic mass is 9.90. The fraction of sp³-hybridized carbons (Fsp3) is 0.391. The van der Waals surface area contributed by atoms with E-state index in [0.717, 1.165) is 6.07 Å². The minimum absolute atomic E-state index is 0.0561. The van der Waals surface area contributed by atoms with Gasteiger partial charge in [-0.3, -0.25) is 10.1 Å². The molecule has 1 heterocycles. The van der Waals surface area contributed by atoms with E-state index in [4.69, 9.17) is 27.9 Å². The molecule has 0 bridgehead atoms. The van der Waals surface area contributed by atoms with E-state index in [2.05, 4.69) is 5.32 Å². The van der Waals surface area contributed by atoms with Gasteiger partial charge in [0.25, 0.3) is 0 Å². The van der Waals surface area contributed by atoms with Crippen LogP contribution in [-0.4, -0.2) is 24.1 Å². The third-order valence-corrected chi connectivity index (χ3v) is 5.54. The number of amides is 2. The molecule has 1 fully saturated rings. The second-order valence-electron chi connectivity index (χ2n) is 8.76. The Morgan fingerprint density at radius 3 is 2.44 bits per heavy atom. The highest BCUT2D eigenvalue weighted by Gasteiger charge is 2.30. The molecule has 172 valence electrons. The fourth-order valence-corrected chi connectivity index (χ4v) is 4.30. The highest BCUT2D eigenvalue weighted by atomic mass is 35.5. The summed E-state index contributed by atoms with van der Waals surface area (Å²) in [6.07, 6.45) is 0.508. The maximum atomic E-state index is 14.1. The van der Waals surface area contributed by atoms with E-state index in [1.165, 1.54) is 29.2 Å². The van der Waals surface area contributed by atoms with Crippen LogP contribution < -0.4 is 10.2 Å². The van der Waals surface area contributed by atoms with Gasteiger partial charge in [0.05, 0.1) is 15.7 Å². The van der Waals surface area contributed by atoms with Crippen LogP contribution >= 0.6 is 23.2 Å². The zero-order chi connectivity index (χ0) is 23.6. The Labute approximate surface area is 195 Å². The Hall–Kier alpha value is -2.38. The van der Waals surface area contributed by atoms with Crippen molar-refractivity contribution in [2.75, 3.05) is 16.8 Å². The number of piperidine rings is 1. The van der Waals surface area contributed by atoms with Crippen LogP contribution in [0.4, 0.5) is 25.0 Å². The largest absolute Gasteiger partial charge is 0.444 e. The first-order valence-corrected chi connectivity index (χ1v) is 10.9. The summed E-state index contributed by atoms with van der Waals surface area (Å²) in [4.78, 5) is 26.1. The molecule has 0 unspecified atom stereocenters. The minimum atomic E-state index is -0.670. The molecule has 0 aliphatic carbocycles. The molecule has 5 nitrogen and oxygen atoms in total. The summed E-state index contributed by atoms with van der Waals surface area (Å²) in [6, 6.07) is 6.47. The lowest BCUT2D eigenvalue weighted by Gasteiger charge is -2.34. The number of benzene rings is 2. The Morgan fingerprint density at radius 1 is 1.19 bits per heavy atom. The van der Waals surface area contributed by atoms with Gasteiger partial charge in [-0.25, -0.2) is 13.6 Å². The van der Waals surface area contributed by atoms with Crippen LogP contribution in [0.15, 0.2) is 30.3 Å². The van der Waals surface area contributed by atoms with Crippen molar-refractivity contribution in [2.24, 2.45) is 5.92 Å². The number of anilines is 2. The minimum Gasteiger partial charge on any atom is -0.444 e. The van der Waals surface area contributed by atoms with E-state index in [9.17, 15) is 18.4 Å². The molecule has 1 saturated heterocycles. The average molecular weight is 485 g/mol. The van der Waals surface area contributed by atoms with Crippen molar-refractivity contribution in [1.82, 2.24) is 0 Å². The van der Waals surface area contributed by atoms with Gasteiger partial charge in [0.2, 0.25) is 5.91 Å². The molecule has 2 amide bonds. The van der Waals surface area contributed by atoms with Crippen LogP contribution in [0.2, 0.25) is 10.0 Å². The summed E-state index contributed by atoms with van der Waals surface area (Å²) < 4.78 is 32.5. The zero-order valence-corrected chi connectivity index (χ0v) is 19.5. The number of carbonyl (C=O) groups is 2. The van der Waals surface area contributed by atoms with Gasteiger partial charge in [-0.05, 0) is 63.3 Å². The van der Waals surface area contributed by atoms with Crippen LogP contribution in [-0.2, 0) is 16.0 Å². The number of nitrogens with one attached hydrogen (secondary N) is 1. The van der Waals surface area contributed by atoms with Gasteiger partial charge in [-0.2, -0.15) is 0 Å². The standard InChI is InChI=1S/C23H24Cl2F2N2O3/c1-23(2,3)32-22(31)28-16-10-17(24)21(18(25)11-16)29-12-13(4-7-20(29)30)8-14-5-6-15(26)9-19(14)27/h5-6,9-11,13H,4,7-8,12H2,1-3H3,(H,28,31)/t13-/m1/s1. The molecule has 0 spiro atoms. The second kappa shape index (κ2) is 9.63. The van der Waals surface area contributed by atoms with Gasteiger partial charge < -0.3 is 9.64 Å². The smallest absolute Gasteiger partial charge is 0.412 e. The third-order valence-electron chi connectivity index (χ3n) is 4.96. The van der Waals surface area contributed by atoms with Crippen LogP contribution in [0.1, 0.15) is 39.2 Å². The van der Waals surface area contributed by atoms with Gasteiger partial charge in [-0.15, -0.1) is 0 Å². The van der Waals surface area contributed by atoms with E-state index >= 15 is 0 Å². The Kier molecular flexibility index (Phi) is 7.30. The quantitative estimate of drug-likeness (QED) is 0.531. The SMILES string of the molecule is CC(C)(C)OC(=O)Nc1cc(Cl)c(N2C[C@@H](Cc3ccc(F)cc3F)CCC2=O)c(Cl)c1. The van der Waals surface area contributed by atoms with Gasteiger partial charge >= 0.3 is 6.09 Å². The van der Waals surface area contributed by atoms with Crippen LogP contribution in [0.3, 0.4) is 0 Å². The summed E-state index contributed by atoms with van der Waals surface area (Å²) in [6.45, 7) is 5.51. The van der Waals surface area contributed by atoms with Crippen molar-refractivity contribution < 1.29 is 23.1 Å². The monoisotopic (exact) mass is 484 g/mol. The maximum Gasteiger partial charge on any atom is 0.412 e. The molecule has 1 aliphatic heterocycles. The van der Waals surface area contributed by atoms with Crippen LogP contribution in [0, 0.1) is 17.6 Å². The molecular formula is C23H24Cl2F2N2O3. The molecule has 1 N–H and O–H groups in total. The molecule has 9 heteroatoms. The molecule has 0 aromatic heterocycles. The molecule has 0 saturated carbocycles. The number of ether oxygens (including phenoxy) is 1. The lowest BCUT2D eigenvalue weighted by molar-refractivity contribution is -0.120. The van der Waals surface area contributed by atoms with Gasteiger partial charge in [0.1, 0.15) is 17.2 Å². The van der Waals surface area contributed by atoms with Gasteiger partial charge in [-0.1, -0.05) is 29.3 Å². The van der Waals surface area contributed by atoms with Crippen LogP contribution in [0.25, 0.3) is 0 Å². The van der Waals surface area contributed by atoms with E-state index in [-0.39, 0.29) is 34.8 Å². The Bertz CT molecular complexity index is 1020. The molecule has 2 aromatic rings. The van der Waals surface area contributed by atoms with Crippen molar-refractivity contribution in [3.05, 3.63) is 57.6 Å². The first-order valence-electron chi connectivity index (χ1n) is 10.2. The number of halogens is 4. The molecule has 2 aromatic carbocycles. The number of hydrogen-bond donors (Lipinski definition) is 1. The number of nitrogens with zero attached hydrogens (tertiary/aromatic N) is 1. The van der Waals surface area contributed by atoms with Gasteiger partial charge in [0.15, 0.2) is 0 Å². The van der Waals surface area contributed by atoms with Crippen molar-refractivity contribution in [3.63, 3.8) is 0 Å². The van der Waals surface area contributed by atoms with Crippen molar-refractivity contribution >= 4 is 46.6 Å². The van der Waals surface area contributed by atoms with E-state index in [1.807, 2.05) is 0 Å². The normalized spacial score (nSPS) is 16.8. The predicted octanol–water partition coefficient (Wildman–Crippen LogP) is 6.60. The number of rotatable bonds is 4. The highest BCUT2D eigenvalue weighted by molar-refractivity contribution is 6.40. The molecule has 3 rings (SSSR count). The number of hydrogen-bond acceptors (Lipinski definition) is 3. The first kappa shape index (κ1) is 24.3. The summed E-state index contributed by atoms with van der Waals surface area (Å²) in [7, 11) is 0. The van der Waals surface area contributed by atoms with Crippen molar-refractivity contribution in [2.45, 2.75) is 45.6 Å². The zero-order valence-electron chi connectivity index (χ0n) is 18.0. The first-order chi connectivity index (χ1) is 14.9. The van der Waals surface area contributed by atoms with E-state index < -0.39 is 23.3 Å². The number of carbonyl (C=O) groups excluding carboxylic acids is 2.